The van der Waals surface area contributed by atoms with E-state index in [9.17, 15) is 4.79 Å². The lowest BCUT2D eigenvalue weighted by Crippen LogP contribution is -2.27. The number of carbonyl (C=O) groups excluding carboxylic acids is 1. The van der Waals surface area contributed by atoms with E-state index in [1.807, 2.05) is 13.8 Å². The van der Waals surface area contributed by atoms with Gasteiger partial charge in [-0.25, -0.2) is 0 Å². The third-order valence-electron chi connectivity index (χ3n) is 0.450. The largest absolute Gasteiger partial charge is 0.354 e. The minimum absolute atomic E-state index is 0.213. The van der Waals surface area contributed by atoms with Crippen LogP contribution in [-0.2, 0) is 4.79 Å². The van der Waals surface area contributed by atoms with Gasteiger partial charge in [0, 0.05) is 13.0 Å². The lowest BCUT2D eigenvalue weighted by atomic mass is 10.4. The third kappa shape index (κ3) is 5.47. The number of amides is 1. The summed E-state index contributed by atoms with van der Waals surface area (Å²) in [7, 11) is 0. The Hall–Kier alpha value is -0.530. The molecule has 0 aliphatic heterocycles. The zero-order valence-corrected chi connectivity index (χ0v) is 4.69. The van der Waals surface area contributed by atoms with Crippen molar-refractivity contribution in [3.05, 3.63) is 6.92 Å². The van der Waals surface area contributed by atoms with Gasteiger partial charge in [-0.2, -0.15) is 0 Å². The Morgan fingerprint density at radius 2 is 2.14 bits per heavy atom. The molecule has 0 unspecified atom stereocenters. The molecular weight excluding hydrogens is 90.1 g/mol. The van der Waals surface area contributed by atoms with Gasteiger partial charge >= 0.3 is 0 Å². The first-order valence-corrected chi connectivity index (χ1v) is 2.25. The van der Waals surface area contributed by atoms with Gasteiger partial charge in [0.25, 0.3) is 0 Å². The van der Waals surface area contributed by atoms with Gasteiger partial charge in [-0.1, -0.05) is 0 Å². The minimum Gasteiger partial charge on any atom is -0.354 e. The molecular formula is C5H10NO. The smallest absolute Gasteiger partial charge is 0.220 e. The molecule has 0 rings (SSSR count). The SMILES string of the molecule is [CH2]C(=O)NC(C)C. The lowest BCUT2D eigenvalue weighted by Gasteiger charge is -2.01. The fourth-order valence-electron chi connectivity index (χ4n) is 0.322. The van der Waals surface area contributed by atoms with Gasteiger partial charge in [-0.15, -0.1) is 0 Å². The van der Waals surface area contributed by atoms with Gasteiger partial charge in [-0.3, -0.25) is 4.79 Å². The van der Waals surface area contributed by atoms with Crippen LogP contribution in [0.25, 0.3) is 0 Å². The highest BCUT2D eigenvalue weighted by atomic mass is 16.1. The number of hydrogen-bond acceptors (Lipinski definition) is 1. The summed E-state index contributed by atoms with van der Waals surface area (Å²) in [6, 6.07) is 0.213. The van der Waals surface area contributed by atoms with Crippen LogP contribution in [0.3, 0.4) is 0 Å². The Morgan fingerprint density at radius 3 is 2.14 bits per heavy atom. The number of hydrogen-bond donors (Lipinski definition) is 1. The number of carbonyl (C=O) groups is 1. The summed E-state index contributed by atoms with van der Waals surface area (Å²) in [4.78, 5) is 10.0. The van der Waals surface area contributed by atoms with E-state index in [-0.39, 0.29) is 11.9 Å². The van der Waals surface area contributed by atoms with Crippen molar-refractivity contribution in [2.75, 3.05) is 0 Å². The first-order valence-electron chi connectivity index (χ1n) is 2.25. The normalized spacial score (nSPS) is 9.14. The Balaban J connectivity index is 3.13. The molecule has 0 aliphatic rings. The molecule has 0 spiro atoms. The molecule has 0 atom stereocenters. The van der Waals surface area contributed by atoms with E-state index >= 15 is 0 Å². The average molecular weight is 100 g/mol. The van der Waals surface area contributed by atoms with E-state index in [1.54, 1.807) is 0 Å². The number of nitrogens with one attached hydrogen (secondary N) is 1. The van der Waals surface area contributed by atoms with Gasteiger partial charge < -0.3 is 5.32 Å². The number of rotatable bonds is 1. The summed E-state index contributed by atoms with van der Waals surface area (Å²) in [6.07, 6.45) is 0. The molecule has 7 heavy (non-hydrogen) atoms. The average Bonchev–Trinajstić information content (AvgIpc) is 1.27. The van der Waals surface area contributed by atoms with Crippen molar-refractivity contribution in [1.29, 1.82) is 0 Å². The molecule has 0 aromatic heterocycles. The van der Waals surface area contributed by atoms with E-state index in [0.29, 0.717) is 0 Å². The summed E-state index contributed by atoms with van der Waals surface area (Å²) in [5, 5.41) is 2.56. The maximum atomic E-state index is 10.0. The second-order valence-electron chi connectivity index (χ2n) is 1.72. The van der Waals surface area contributed by atoms with Gasteiger partial charge in [0.05, 0.1) is 0 Å². The molecule has 1 N–H and O–H groups in total. The summed E-state index contributed by atoms with van der Waals surface area (Å²) < 4.78 is 0. The fraction of sp³-hybridized carbons (Fsp3) is 0.600. The predicted molar refractivity (Wildman–Crippen MR) is 28.6 cm³/mol. The molecule has 0 saturated heterocycles. The van der Waals surface area contributed by atoms with Crippen molar-refractivity contribution in [1.82, 2.24) is 5.32 Å². The van der Waals surface area contributed by atoms with Crippen LogP contribution in [0.1, 0.15) is 13.8 Å². The molecule has 0 aromatic carbocycles. The summed E-state index contributed by atoms with van der Waals surface area (Å²) in [5.74, 6) is -0.213. The van der Waals surface area contributed by atoms with Crippen molar-refractivity contribution in [2.45, 2.75) is 19.9 Å². The molecule has 0 fully saturated rings. The summed E-state index contributed by atoms with van der Waals surface area (Å²) in [6.45, 7) is 6.91. The maximum Gasteiger partial charge on any atom is 0.220 e. The second kappa shape index (κ2) is 2.61. The van der Waals surface area contributed by atoms with Gasteiger partial charge in [-0.05, 0) is 13.8 Å². The van der Waals surface area contributed by atoms with Crippen LogP contribution < -0.4 is 5.32 Å². The molecule has 0 heterocycles. The molecule has 2 nitrogen and oxygen atoms in total. The summed E-state index contributed by atoms with van der Waals surface area (Å²) in [5.41, 5.74) is 0. The van der Waals surface area contributed by atoms with Gasteiger partial charge in [0.15, 0.2) is 0 Å². The van der Waals surface area contributed by atoms with Crippen molar-refractivity contribution in [2.24, 2.45) is 0 Å². The molecule has 2 heteroatoms. The maximum absolute atomic E-state index is 10.0. The standard InChI is InChI=1S/C5H10NO/c1-4(2)6-5(3)7/h4H,3H2,1-2H3,(H,6,7). The highest BCUT2D eigenvalue weighted by Crippen LogP contribution is 1.72. The molecule has 41 valence electrons. The van der Waals surface area contributed by atoms with E-state index in [4.69, 9.17) is 0 Å². The summed E-state index contributed by atoms with van der Waals surface area (Å²) >= 11 is 0. The molecule has 0 saturated carbocycles. The fourth-order valence-corrected chi connectivity index (χ4v) is 0.322. The molecule has 0 aromatic rings. The van der Waals surface area contributed by atoms with Crippen molar-refractivity contribution in [3.8, 4) is 0 Å². The molecule has 1 amide bonds. The first-order chi connectivity index (χ1) is 3.13. The van der Waals surface area contributed by atoms with Crippen LogP contribution >= 0.6 is 0 Å². The van der Waals surface area contributed by atoms with Crippen LogP contribution in [0.15, 0.2) is 0 Å². The molecule has 0 aliphatic carbocycles. The van der Waals surface area contributed by atoms with Gasteiger partial charge in [0.2, 0.25) is 5.91 Å². The van der Waals surface area contributed by atoms with Crippen molar-refractivity contribution >= 4 is 5.91 Å². The van der Waals surface area contributed by atoms with Crippen LogP contribution in [0.2, 0.25) is 0 Å². The van der Waals surface area contributed by atoms with Crippen LogP contribution in [-0.4, -0.2) is 11.9 Å². The van der Waals surface area contributed by atoms with Crippen LogP contribution in [0.5, 0.6) is 0 Å². The quantitative estimate of drug-likeness (QED) is 0.506. The highest BCUT2D eigenvalue weighted by Gasteiger charge is 1.91. The van der Waals surface area contributed by atoms with Crippen molar-refractivity contribution < 1.29 is 4.79 Å². The van der Waals surface area contributed by atoms with Crippen LogP contribution in [0, 0.1) is 6.92 Å². The highest BCUT2D eigenvalue weighted by molar-refractivity contribution is 5.80. The Labute approximate surface area is 43.9 Å². The van der Waals surface area contributed by atoms with E-state index in [2.05, 4.69) is 12.2 Å². The Kier molecular flexibility index (Phi) is 2.41. The Morgan fingerprint density at radius 1 is 1.71 bits per heavy atom. The van der Waals surface area contributed by atoms with Crippen LogP contribution in [0.4, 0.5) is 0 Å². The van der Waals surface area contributed by atoms with E-state index < -0.39 is 0 Å². The molecule has 1 radical (unpaired) electrons. The van der Waals surface area contributed by atoms with E-state index in [0.717, 1.165) is 0 Å². The zero-order valence-electron chi connectivity index (χ0n) is 4.69. The van der Waals surface area contributed by atoms with E-state index in [1.165, 1.54) is 0 Å². The Bertz CT molecular complexity index is 68.5. The lowest BCUT2D eigenvalue weighted by molar-refractivity contribution is -0.117. The topological polar surface area (TPSA) is 29.1 Å². The molecule has 0 bridgehead atoms. The van der Waals surface area contributed by atoms with Gasteiger partial charge in [0.1, 0.15) is 0 Å². The minimum atomic E-state index is -0.213. The predicted octanol–water partition coefficient (Wildman–Crippen LogP) is 0.345. The monoisotopic (exact) mass is 100 g/mol. The zero-order chi connectivity index (χ0) is 5.86. The third-order valence-corrected chi connectivity index (χ3v) is 0.450. The first kappa shape index (κ1) is 6.47. The van der Waals surface area contributed by atoms with Crippen molar-refractivity contribution in [3.63, 3.8) is 0 Å². The second-order valence-corrected chi connectivity index (χ2v) is 1.72.